The molecule has 1 aliphatic rings. The Kier molecular flexibility index (Phi) is 3.55. The summed E-state index contributed by atoms with van der Waals surface area (Å²) in [5.74, 6) is 1.28. The number of aryl methyl sites for hydroxylation is 1. The summed E-state index contributed by atoms with van der Waals surface area (Å²) in [4.78, 5) is 8.94. The van der Waals surface area contributed by atoms with Crippen molar-refractivity contribution in [1.82, 2.24) is 25.5 Å². The number of rotatable bonds is 4. The zero-order chi connectivity index (χ0) is 13.1. The van der Waals surface area contributed by atoms with Crippen molar-refractivity contribution in [2.75, 3.05) is 6.54 Å². The first-order valence-corrected chi connectivity index (χ1v) is 6.92. The predicted molar refractivity (Wildman–Crippen MR) is 72.7 cm³/mol. The normalized spacial score (nSPS) is 19.9. The summed E-state index contributed by atoms with van der Waals surface area (Å²) >= 11 is 0. The summed E-state index contributed by atoms with van der Waals surface area (Å²) in [7, 11) is 0. The highest BCUT2D eigenvalue weighted by Crippen LogP contribution is 2.37. The van der Waals surface area contributed by atoms with Gasteiger partial charge in [-0.05, 0) is 37.4 Å². The Morgan fingerprint density at radius 1 is 1.47 bits per heavy atom. The van der Waals surface area contributed by atoms with Gasteiger partial charge in [0.05, 0.1) is 6.04 Å². The standard InChI is InChI=1S/C14H19N5/c1-2-15-13(14-17-9-18-19-14)11-7-3-5-10-6-4-8-16-12(10)11/h4,6,8-9,11,13,15H,2-3,5,7H2,1H3,(H,17,18,19). The van der Waals surface area contributed by atoms with Gasteiger partial charge < -0.3 is 5.32 Å². The molecule has 2 aromatic rings. The zero-order valence-corrected chi connectivity index (χ0v) is 11.1. The molecule has 1 aliphatic carbocycles. The van der Waals surface area contributed by atoms with E-state index >= 15 is 0 Å². The molecule has 0 radical (unpaired) electrons. The summed E-state index contributed by atoms with van der Waals surface area (Å²) in [6, 6.07) is 4.39. The highest BCUT2D eigenvalue weighted by molar-refractivity contribution is 5.28. The number of aromatic amines is 1. The van der Waals surface area contributed by atoms with Gasteiger partial charge in [0, 0.05) is 17.8 Å². The second-order valence-corrected chi connectivity index (χ2v) is 4.95. The first kappa shape index (κ1) is 12.3. The van der Waals surface area contributed by atoms with E-state index < -0.39 is 0 Å². The van der Waals surface area contributed by atoms with Crippen LogP contribution in [0.4, 0.5) is 0 Å². The monoisotopic (exact) mass is 257 g/mol. The Bertz CT molecular complexity index is 522. The summed E-state index contributed by atoms with van der Waals surface area (Å²) in [6.45, 7) is 3.02. The molecule has 100 valence electrons. The molecule has 0 amide bonds. The lowest BCUT2D eigenvalue weighted by atomic mass is 9.81. The maximum Gasteiger partial charge on any atom is 0.142 e. The number of likely N-dealkylation sites (N-methyl/N-ethyl adjacent to an activating group) is 1. The fourth-order valence-electron chi connectivity index (χ4n) is 2.98. The molecule has 0 fully saturated rings. The Morgan fingerprint density at radius 3 is 3.21 bits per heavy atom. The molecule has 2 N–H and O–H groups in total. The second-order valence-electron chi connectivity index (χ2n) is 4.95. The number of hydrogen-bond acceptors (Lipinski definition) is 4. The van der Waals surface area contributed by atoms with Gasteiger partial charge in [0.15, 0.2) is 0 Å². The van der Waals surface area contributed by atoms with E-state index in [2.05, 4.69) is 38.5 Å². The van der Waals surface area contributed by atoms with Gasteiger partial charge in [0.1, 0.15) is 12.2 Å². The highest BCUT2D eigenvalue weighted by atomic mass is 15.2. The van der Waals surface area contributed by atoms with Crippen LogP contribution < -0.4 is 5.32 Å². The largest absolute Gasteiger partial charge is 0.307 e. The lowest BCUT2D eigenvalue weighted by molar-refractivity contribution is 0.387. The number of fused-ring (bicyclic) bond motifs is 1. The smallest absolute Gasteiger partial charge is 0.142 e. The van der Waals surface area contributed by atoms with Crippen LogP contribution in [0.2, 0.25) is 0 Å². The van der Waals surface area contributed by atoms with Crippen LogP contribution in [0.1, 0.15) is 48.8 Å². The molecule has 2 unspecified atom stereocenters. The molecule has 0 aliphatic heterocycles. The van der Waals surface area contributed by atoms with Gasteiger partial charge in [0.25, 0.3) is 0 Å². The first-order valence-electron chi connectivity index (χ1n) is 6.92. The van der Waals surface area contributed by atoms with Crippen molar-refractivity contribution in [1.29, 1.82) is 0 Å². The van der Waals surface area contributed by atoms with E-state index in [1.54, 1.807) is 6.33 Å². The van der Waals surface area contributed by atoms with Crippen molar-refractivity contribution < 1.29 is 0 Å². The molecule has 0 saturated carbocycles. The van der Waals surface area contributed by atoms with Crippen LogP contribution in [0.25, 0.3) is 0 Å². The maximum absolute atomic E-state index is 4.61. The number of nitrogens with one attached hydrogen (secondary N) is 2. The number of pyridine rings is 1. The Morgan fingerprint density at radius 2 is 2.42 bits per heavy atom. The van der Waals surface area contributed by atoms with Crippen molar-refractivity contribution in [3.63, 3.8) is 0 Å². The fourth-order valence-corrected chi connectivity index (χ4v) is 2.98. The Balaban J connectivity index is 1.96. The number of H-pyrrole nitrogens is 1. The van der Waals surface area contributed by atoms with Crippen molar-refractivity contribution in [3.05, 3.63) is 41.7 Å². The van der Waals surface area contributed by atoms with E-state index in [0.29, 0.717) is 5.92 Å². The predicted octanol–water partition coefficient (Wildman–Crippen LogP) is 1.97. The second kappa shape index (κ2) is 5.48. The molecular weight excluding hydrogens is 238 g/mol. The van der Waals surface area contributed by atoms with Crippen molar-refractivity contribution in [2.45, 2.75) is 38.1 Å². The van der Waals surface area contributed by atoms with Gasteiger partial charge in [-0.1, -0.05) is 13.0 Å². The highest BCUT2D eigenvalue weighted by Gasteiger charge is 2.31. The van der Waals surface area contributed by atoms with Crippen LogP contribution in [0.15, 0.2) is 24.7 Å². The minimum absolute atomic E-state index is 0.168. The molecular formula is C14H19N5. The average molecular weight is 257 g/mol. The molecule has 0 bridgehead atoms. The first-order chi connectivity index (χ1) is 9.40. The summed E-state index contributed by atoms with van der Waals surface area (Å²) in [5.41, 5.74) is 2.59. The number of hydrogen-bond donors (Lipinski definition) is 2. The van der Waals surface area contributed by atoms with Gasteiger partial charge in [-0.3, -0.25) is 10.1 Å². The average Bonchev–Trinajstić information content (AvgIpc) is 2.98. The SMILES string of the molecule is CCNC(c1ncn[nH]1)C1CCCc2cccnc21. The third-order valence-electron chi connectivity index (χ3n) is 3.79. The van der Waals surface area contributed by atoms with Gasteiger partial charge in [0.2, 0.25) is 0 Å². The van der Waals surface area contributed by atoms with E-state index in [9.17, 15) is 0 Å². The summed E-state index contributed by atoms with van der Waals surface area (Å²) in [5, 5.41) is 10.5. The van der Waals surface area contributed by atoms with Crippen LogP contribution in [0, 0.1) is 0 Å². The number of nitrogens with zero attached hydrogens (tertiary/aromatic N) is 3. The molecule has 2 heterocycles. The molecule has 0 saturated heterocycles. The van der Waals surface area contributed by atoms with Crippen LogP contribution in [-0.4, -0.2) is 26.7 Å². The van der Waals surface area contributed by atoms with Gasteiger partial charge >= 0.3 is 0 Å². The van der Waals surface area contributed by atoms with Crippen LogP contribution >= 0.6 is 0 Å². The minimum atomic E-state index is 0.168. The molecule has 3 rings (SSSR count). The van der Waals surface area contributed by atoms with Gasteiger partial charge in [-0.15, -0.1) is 0 Å². The third-order valence-corrected chi connectivity index (χ3v) is 3.79. The molecule has 2 atom stereocenters. The van der Waals surface area contributed by atoms with Crippen molar-refractivity contribution >= 4 is 0 Å². The van der Waals surface area contributed by atoms with Crippen LogP contribution in [0.5, 0.6) is 0 Å². The molecule has 5 heteroatoms. The lowest BCUT2D eigenvalue weighted by Gasteiger charge is -2.30. The Hall–Kier alpha value is -1.75. The van der Waals surface area contributed by atoms with E-state index in [4.69, 9.17) is 0 Å². The van der Waals surface area contributed by atoms with Gasteiger partial charge in [-0.2, -0.15) is 5.10 Å². The van der Waals surface area contributed by atoms with Crippen LogP contribution in [0.3, 0.4) is 0 Å². The fraction of sp³-hybridized carbons (Fsp3) is 0.500. The van der Waals surface area contributed by atoms with Crippen molar-refractivity contribution in [2.24, 2.45) is 0 Å². The number of aromatic nitrogens is 4. The molecule has 2 aromatic heterocycles. The van der Waals surface area contributed by atoms with Crippen LogP contribution in [-0.2, 0) is 6.42 Å². The van der Waals surface area contributed by atoms with E-state index in [1.165, 1.54) is 17.7 Å². The van der Waals surface area contributed by atoms with Gasteiger partial charge in [-0.25, -0.2) is 4.98 Å². The zero-order valence-electron chi connectivity index (χ0n) is 11.1. The summed E-state index contributed by atoms with van der Waals surface area (Å²) in [6.07, 6.45) is 6.94. The molecule has 19 heavy (non-hydrogen) atoms. The maximum atomic E-state index is 4.61. The molecule has 0 spiro atoms. The third kappa shape index (κ3) is 2.38. The molecule has 5 nitrogen and oxygen atoms in total. The topological polar surface area (TPSA) is 66.5 Å². The summed E-state index contributed by atoms with van der Waals surface area (Å²) < 4.78 is 0. The Labute approximate surface area is 112 Å². The molecule has 0 aromatic carbocycles. The van der Waals surface area contributed by atoms with E-state index in [-0.39, 0.29) is 6.04 Å². The lowest BCUT2D eigenvalue weighted by Crippen LogP contribution is -2.30. The van der Waals surface area contributed by atoms with E-state index in [1.807, 2.05) is 12.3 Å². The van der Waals surface area contributed by atoms with E-state index in [0.717, 1.165) is 25.2 Å². The van der Waals surface area contributed by atoms with Crippen molar-refractivity contribution in [3.8, 4) is 0 Å². The minimum Gasteiger partial charge on any atom is -0.307 e. The quantitative estimate of drug-likeness (QED) is 0.878.